The maximum atomic E-state index is 12.6. The molecule has 4 rings (SSSR count). The van der Waals surface area contributed by atoms with Crippen LogP contribution in [-0.4, -0.2) is 53.0 Å². The van der Waals surface area contributed by atoms with Crippen molar-refractivity contribution in [2.45, 2.75) is 57.4 Å². The molecule has 2 fully saturated rings. The Kier molecular flexibility index (Phi) is 4.30. The number of likely N-dealkylation sites (N-methyl/N-ethyl adjacent to an activating group) is 1. The van der Waals surface area contributed by atoms with Gasteiger partial charge in [-0.1, -0.05) is 37.1 Å². The Bertz CT molecular complexity index is 756. The number of hydrogen-bond acceptors (Lipinski definition) is 5. The lowest BCUT2D eigenvalue weighted by Gasteiger charge is -2.36. The molecule has 7 heteroatoms. The first kappa shape index (κ1) is 16.9. The molecule has 1 saturated carbocycles. The number of guanidine groups is 1. The predicted molar refractivity (Wildman–Crippen MR) is 98.4 cm³/mol. The van der Waals surface area contributed by atoms with Gasteiger partial charge in [0, 0.05) is 19.6 Å². The first-order valence-electron chi connectivity index (χ1n) is 9.28. The van der Waals surface area contributed by atoms with Gasteiger partial charge in [-0.3, -0.25) is 10.1 Å². The summed E-state index contributed by atoms with van der Waals surface area (Å²) in [5, 5.41) is 5.99. The highest BCUT2D eigenvalue weighted by Crippen LogP contribution is 2.27. The fourth-order valence-corrected chi connectivity index (χ4v) is 4.04. The normalized spacial score (nSPS) is 26.0. The highest BCUT2D eigenvalue weighted by Gasteiger charge is 2.48. The molecule has 1 aromatic rings. The van der Waals surface area contributed by atoms with Crippen LogP contribution in [0.5, 0.6) is 0 Å². The van der Waals surface area contributed by atoms with Crippen molar-refractivity contribution in [3.8, 4) is 0 Å². The Balaban J connectivity index is 1.65. The van der Waals surface area contributed by atoms with Gasteiger partial charge < -0.3 is 15.1 Å². The first-order valence-corrected chi connectivity index (χ1v) is 9.28. The molecule has 7 nitrogen and oxygen atoms in total. The minimum atomic E-state index is -0.499. The number of carbonyl (C=O) groups excluding carboxylic acids is 2. The quantitative estimate of drug-likeness (QED) is 0.863. The number of benzene rings is 1. The molecule has 1 saturated heterocycles. The number of nitrogens with zero attached hydrogens (tertiary/aromatic N) is 3. The third-order valence-corrected chi connectivity index (χ3v) is 5.65. The minimum absolute atomic E-state index is 0.279. The number of urea groups is 1. The van der Waals surface area contributed by atoms with Crippen molar-refractivity contribution >= 4 is 17.9 Å². The van der Waals surface area contributed by atoms with Gasteiger partial charge in [-0.05, 0) is 30.9 Å². The standard InChI is InChI=1S/C19H25N5O2/c1-12-7-3-4-8-13(12)11-24-15-16(23(2)19(26)22-17(15)25)21-18(24)20-14-9-5-6-10-14/h3-4,7-8,14-16H,5-6,9-11H2,1-2H3,(H,20,21)(H,22,25,26). The van der Waals surface area contributed by atoms with Crippen LogP contribution in [0.2, 0.25) is 0 Å². The van der Waals surface area contributed by atoms with E-state index in [9.17, 15) is 9.59 Å². The average molecular weight is 355 g/mol. The SMILES string of the molecule is Cc1ccccc1CN1C(NC2CCCC2)=NC2C1C(=O)NC(=O)N2C. The summed E-state index contributed by atoms with van der Waals surface area (Å²) >= 11 is 0. The van der Waals surface area contributed by atoms with E-state index in [4.69, 9.17) is 4.99 Å². The van der Waals surface area contributed by atoms with Gasteiger partial charge in [-0.15, -0.1) is 0 Å². The number of aliphatic imine (C=N–C) groups is 1. The molecule has 138 valence electrons. The summed E-state index contributed by atoms with van der Waals surface area (Å²) in [6.45, 7) is 2.66. The van der Waals surface area contributed by atoms with Gasteiger partial charge in [0.25, 0.3) is 5.91 Å². The van der Waals surface area contributed by atoms with Gasteiger partial charge in [0.1, 0.15) is 0 Å². The number of fused-ring (bicyclic) bond motifs is 1. The predicted octanol–water partition coefficient (Wildman–Crippen LogP) is 1.58. The lowest BCUT2D eigenvalue weighted by atomic mass is 10.1. The van der Waals surface area contributed by atoms with Crippen LogP contribution in [-0.2, 0) is 11.3 Å². The lowest BCUT2D eigenvalue weighted by molar-refractivity contribution is -0.127. The summed E-state index contributed by atoms with van der Waals surface area (Å²) in [6.07, 6.45) is 4.19. The smallest absolute Gasteiger partial charge is 0.325 e. The zero-order valence-electron chi connectivity index (χ0n) is 15.2. The molecule has 26 heavy (non-hydrogen) atoms. The maximum Gasteiger partial charge on any atom is 0.325 e. The summed E-state index contributed by atoms with van der Waals surface area (Å²) in [4.78, 5) is 32.9. The van der Waals surface area contributed by atoms with Crippen molar-refractivity contribution in [1.82, 2.24) is 20.4 Å². The summed E-state index contributed by atoms with van der Waals surface area (Å²) in [7, 11) is 1.69. The second kappa shape index (κ2) is 6.63. The molecule has 2 N–H and O–H groups in total. The van der Waals surface area contributed by atoms with Crippen LogP contribution >= 0.6 is 0 Å². The zero-order chi connectivity index (χ0) is 18.3. The van der Waals surface area contributed by atoms with E-state index in [1.165, 1.54) is 23.3 Å². The molecule has 0 spiro atoms. The first-order chi connectivity index (χ1) is 12.5. The van der Waals surface area contributed by atoms with Crippen molar-refractivity contribution in [2.75, 3.05) is 7.05 Å². The van der Waals surface area contributed by atoms with Crippen LogP contribution < -0.4 is 10.6 Å². The molecule has 1 aliphatic carbocycles. The van der Waals surface area contributed by atoms with Gasteiger partial charge in [0.05, 0.1) is 0 Å². The van der Waals surface area contributed by atoms with Crippen molar-refractivity contribution in [2.24, 2.45) is 4.99 Å². The van der Waals surface area contributed by atoms with Crippen molar-refractivity contribution in [3.05, 3.63) is 35.4 Å². The maximum absolute atomic E-state index is 12.6. The molecule has 2 atom stereocenters. The van der Waals surface area contributed by atoms with E-state index in [0.717, 1.165) is 24.4 Å². The Morgan fingerprint density at radius 2 is 1.96 bits per heavy atom. The van der Waals surface area contributed by atoms with E-state index in [2.05, 4.69) is 29.7 Å². The fourth-order valence-electron chi connectivity index (χ4n) is 4.04. The molecule has 0 radical (unpaired) electrons. The fraction of sp³-hybridized carbons (Fsp3) is 0.526. The van der Waals surface area contributed by atoms with Crippen molar-refractivity contribution < 1.29 is 9.59 Å². The van der Waals surface area contributed by atoms with E-state index >= 15 is 0 Å². The van der Waals surface area contributed by atoms with Gasteiger partial charge in [-0.2, -0.15) is 0 Å². The minimum Gasteiger partial charge on any atom is -0.353 e. The van der Waals surface area contributed by atoms with Crippen LogP contribution in [0.4, 0.5) is 4.79 Å². The number of carbonyl (C=O) groups is 2. The lowest BCUT2D eigenvalue weighted by Crippen LogP contribution is -2.64. The monoisotopic (exact) mass is 355 g/mol. The molecule has 0 aromatic heterocycles. The second-order valence-electron chi connectivity index (χ2n) is 7.40. The molecule has 2 aliphatic heterocycles. The van der Waals surface area contributed by atoms with Gasteiger partial charge in [0.2, 0.25) is 0 Å². The van der Waals surface area contributed by atoms with Crippen LogP contribution in [0.3, 0.4) is 0 Å². The molecule has 2 heterocycles. The Labute approximate surface area is 153 Å². The van der Waals surface area contributed by atoms with Crippen molar-refractivity contribution in [3.63, 3.8) is 0 Å². The van der Waals surface area contributed by atoms with E-state index in [0.29, 0.717) is 12.6 Å². The number of amides is 3. The van der Waals surface area contributed by atoms with E-state index in [1.54, 1.807) is 7.05 Å². The Morgan fingerprint density at radius 1 is 1.23 bits per heavy atom. The van der Waals surface area contributed by atoms with E-state index in [-0.39, 0.29) is 5.91 Å². The summed E-state index contributed by atoms with van der Waals surface area (Å²) in [5.74, 6) is 0.450. The summed E-state index contributed by atoms with van der Waals surface area (Å²) in [6, 6.07) is 7.66. The molecule has 3 aliphatic rings. The number of rotatable bonds is 3. The van der Waals surface area contributed by atoms with Crippen LogP contribution in [0.1, 0.15) is 36.8 Å². The second-order valence-corrected chi connectivity index (χ2v) is 7.40. The third kappa shape index (κ3) is 2.91. The number of aryl methyl sites for hydroxylation is 1. The molecule has 0 bridgehead atoms. The molecule has 2 unspecified atom stereocenters. The van der Waals surface area contributed by atoms with Crippen LogP contribution in [0.25, 0.3) is 0 Å². The Hall–Kier alpha value is -2.57. The molecular formula is C19H25N5O2. The van der Waals surface area contributed by atoms with E-state index in [1.807, 2.05) is 17.0 Å². The molecule has 3 amide bonds. The molecular weight excluding hydrogens is 330 g/mol. The Morgan fingerprint density at radius 3 is 2.69 bits per heavy atom. The topological polar surface area (TPSA) is 77.0 Å². The number of imide groups is 1. The third-order valence-electron chi connectivity index (χ3n) is 5.65. The molecule has 1 aromatic carbocycles. The number of hydrogen-bond donors (Lipinski definition) is 2. The van der Waals surface area contributed by atoms with Gasteiger partial charge in [0.15, 0.2) is 18.2 Å². The summed E-state index contributed by atoms with van der Waals surface area (Å²) in [5.41, 5.74) is 2.33. The van der Waals surface area contributed by atoms with E-state index < -0.39 is 18.2 Å². The van der Waals surface area contributed by atoms with Crippen LogP contribution in [0.15, 0.2) is 29.3 Å². The zero-order valence-corrected chi connectivity index (χ0v) is 15.2. The summed E-state index contributed by atoms with van der Waals surface area (Å²) < 4.78 is 0. The largest absolute Gasteiger partial charge is 0.353 e. The van der Waals surface area contributed by atoms with Crippen molar-refractivity contribution in [1.29, 1.82) is 0 Å². The highest BCUT2D eigenvalue weighted by atomic mass is 16.2. The number of nitrogens with one attached hydrogen (secondary N) is 2. The highest BCUT2D eigenvalue weighted by molar-refractivity contribution is 6.03. The average Bonchev–Trinajstić information content (AvgIpc) is 3.24. The van der Waals surface area contributed by atoms with Crippen LogP contribution in [0, 0.1) is 6.92 Å². The van der Waals surface area contributed by atoms with Gasteiger partial charge in [-0.25, -0.2) is 9.79 Å². The van der Waals surface area contributed by atoms with Gasteiger partial charge >= 0.3 is 6.03 Å².